The highest BCUT2D eigenvalue weighted by Crippen LogP contribution is 2.25. The standard InChI is InChI=1S/C13H16N4S/c1-4-10(7-14-3)18-13-16-9(2)11-5-6-15-8-12(11)17-13/h4-6,8,14H,7H2,1-3H3/b10-4+. The van der Waals surface area contributed by atoms with Crippen LogP contribution in [0.1, 0.15) is 12.6 Å². The molecule has 2 aromatic heterocycles. The van der Waals surface area contributed by atoms with Crippen molar-refractivity contribution in [3.8, 4) is 0 Å². The fraction of sp³-hybridized carbons (Fsp3) is 0.308. The van der Waals surface area contributed by atoms with Crippen molar-refractivity contribution in [3.63, 3.8) is 0 Å². The minimum Gasteiger partial charge on any atom is -0.315 e. The summed E-state index contributed by atoms with van der Waals surface area (Å²) in [4.78, 5) is 14.4. The highest BCUT2D eigenvalue weighted by molar-refractivity contribution is 8.03. The molecule has 2 heterocycles. The van der Waals surface area contributed by atoms with Crippen molar-refractivity contribution in [2.75, 3.05) is 13.6 Å². The van der Waals surface area contributed by atoms with Crippen molar-refractivity contribution < 1.29 is 0 Å². The predicted octanol–water partition coefficient (Wildman–Crippen LogP) is 2.55. The normalized spacial score (nSPS) is 12.1. The molecule has 5 heteroatoms. The Kier molecular flexibility index (Phi) is 4.28. The van der Waals surface area contributed by atoms with Gasteiger partial charge >= 0.3 is 0 Å². The maximum absolute atomic E-state index is 4.53. The van der Waals surface area contributed by atoms with E-state index in [1.54, 1.807) is 24.2 Å². The van der Waals surface area contributed by atoms with Gasteiger partial charge in [-0.1, -0.05) is 17.8 Å². The molecule has 0 aromatic carbocycles. The predicted molar refractivity (Wildman–Crippen MR) is 75.6 cm³/mol. The van der Waals surface area contributed by atoms with E-state index in [-0.39, 0.29) is 0 Å². The van der Waals surface area contributed by atoms with E-state index in [0.717, 1.165) is 28.3 Å². The molecule has 0 radical (unpaired) electrons. The first-order valence-corrected chi connectivity index (χ1v) is 6.62. The molecule has 18 heavy (non-hydrogen) atoms. The average molecular weight is 260 g/mol. The van der Waals surface area contributed by atoms with E-state index in [1.807, 2.05) is 27.0 Å². The van der Waals surface area contributed by atoms with Crippen LogP contribution in [0.3, 0.4) is 0 Å². The van der Waals surface area contributed by atoms with Gasteiger partial charge in [0.25, 0.3) is 0 Å². The van der Waals surface area contributed by atoms with Crippen molar-refractivity contribution in [1.29, 1.82) is 0 Å². The van der Waals surface area contributed by atoms with Gasteiger partial charge < -0.3 is 5.32 Å². The van der Waals surface area contributed by atoms with E-state index < -0.39 is 0 Å². The molecule has 0 aliphatic heterocycles. The zero-order chi connectivity index (χ0) is 13.0. The fourth-order valence-corrected chi connectivity index (χ4v) is 2.54. The van der Waals surface area contributed by atoms with Crippen molar-refractivity contribution in [1.82, 2.24) is 20.3 Å². The number of hydrogen-bond donors (Lipinski definition) is 1. The van der Waals surface area contributed by atoms with E-state index in [1.165, 1.54) is 4.91 Å². The van der Waals surface area contributed by atoms with E-state index in [0.29, 0.717) is 0 Å². The number of rotatable bonds is 4. The Morgan fingerprint density at radius 3 is 3.00 bits per heavy atom. The van der Waals surface area contributed by atoms with Gasteiger partial charge in [0.15, 0.2) is 5.16 Å². The number of hydrogen-bond acceptors (Lipinski definition) is 5. The van der Waals surface area contributed by atoms with E-state index in [9.17, 15) is 0 Å². The maximum atomic E-state index is 4.53. The smallest absolute Gasteiger partial charge is 0.193 e. The third-order valence-corrected chi connectivity index (χ3v) is 3.57. The van der Waals surface area contributed by atoms with Crippen LogP contribution in [0.4, 0.5) is 0 Å². The molecule has 2 rings (SSSR count). The summed E-state index contributed by atoms with van der Waals surface area (Å²) in [6, 6.07) is 1.95. The lowest BCUT2D eigenvalue weighted by molar-refractivity contribution is 0.905. The van der Waals surface area contributed by atoms with Crippen LogP contribution in [0.25, 0.3) is 10.9 Å². The molecule has 2 aromatic rings. The van der Waals surface area contributed by atoms with Gasteiger partial charge in [0.2, 0.25) is 0 Å². The first-order valence-electron chi connectivity index (χ1n) is 5.80. The zero-order valence-electron chi connectivity index (χ0n) is 10.8. The molecule has 4 nitrogen and oxygen atoms in total. The molecule has 0 bridgehead atoms. The van der Waals surface area contributed by atoms with Gasteiger partial charge in [-0.3, -0.25) is 4.98 Å². The summed E-state index contributed by atoms with van der Waals surface area (Å²) in [6.07, 6.45) is 5.62. The summed E-state index contributed by atoms with van der Waals surface area (Å²) >= 11 is 1.59. The monoisotopic (exact) mass is 260 g/mol. The Hall–Kier alpha value is -1.46. The number of aryl methyl sites for hydroxylation is 1. The number of aromatic nitrogens is 3. The molecule has 0 amide bonds. The van der Waals surface area contributed by atoms with Crippen molar-refractivity contribution in [2.45, 2.75) is 19.0 Å². The molecular formula is C13H16N4S. The lowest BCUT2D eigenvalue weighted by Crippen LogP contribution is -2.09. The Morgan fingerprint density at radius 1 is 1.44 bits per heavy atom. The Bertz CT molecular complexity index is 580. The molecule has 0 spiro atoms. The SMILES string of the molecule is C/C=C(\CNC)Sc1nc(C)c2ccncc2n1. The maximum Gasteiger partial charge on any atom is 0.193 e. The summed E-state index contributed by atoms with van der Waals surface area (Å²) in [7, 11) is 1.93. The van der Waals surface area contributed by atoms with Crippen LogP contribution in [0.2, 0.25) is 0 Å². The largest absolute Gasteiger partial charge is 0.315 e. The number of likely N-dealkylation sites (N-methyl/N-ethyl adjacent to an activating group) is 1. The minimum absolute atomic E-state index is 0.774. The average Bonchev–Trinajstić information content (AvgIpc) is 2.38. The van der Waals surface area contributed by atoms with Crippen LogP contribution in [0.5, 0.6) is 0 Å². The summed E-state index contributed by atoms with van der Waals surface area (Å²) in [5.74, 6) is 0. The van der Waals surface area contributed by atoms with E-state index in [2.05, 4.69) is 26.3 Å². The topological polar surface area (TPSA) is 50.7 Å². The van der Waals surface area contributed by atoms with Crippen LogP contribution >= 0.6 is 11.8 Å². The van der Waals surface area contributed by atoms with Crippen LogP contribution in [-0.2, 0) is 0 Å². The number of fused-ring (bicyclic) bond motifs is 1. The third kappa shape index (κ3) is 2.86. The second kappa shape index (κ2) is 5.93. The molecule has 0 aliphatic rings. The molecule has 0 saturated carbocycles. The van der Waals surface area contributed by atoms with Crippen molar-refractivity contribution >= 4 is 22.7 Å². The summed E-state index contributed by atoms with van der Waals surface area (Å²) in [5, 5.41) is 4.97. The van der Waals surface area contributed by atoms with Gasteiger partial charge in [-0.2, -0.15) is 0 Å². The Morgan fingerprint density at radius 2 is 2.28 bits per heavy atom. The highest BCUT2D eigenvalue weighted by Gasteiger charge is 2.06. The van der Waals surface area contributed by atoms with Crippen molar-refractivity contribution in [3.05, 3.63) is 35.1 Å². The molecular weight excluding hydrogens is 244 g/mol. The summed E-state index contributed by atoms with van der Waals surface area (Å²) in [5.41, 5.74) is 1.89. The second-order valence-corrected chi connectivity index (χ2v) is 4.97. The number of pyridine rings is 1. The molecule has 0 atom stereocenters. The molecule has 0 unspecified atom stereocenters. The zero-order valence-corrected chi connectivity index (χ0v) is 11.6. The van der Waals surface area contributed by atoms with Crippen LogP contribution in [0, 0.1) is 6.92 Å². The Balaban J connectivity index is 2.35. The summed E-state index contributed by atoms with van der Waals surface area (Å²) < 4.78 is 0. The van der Waals surface area contributed by atoms with E-state index in [4.69, 9.17) is 0 Å². The van der Waals surface area contributed by atoms with Crippen molar-refractivity contribution in [2.24, 2.45) is 0 Å². The molecule has 0 saturated heterocycles. The number of nitrogens with one attached hydrogen (secondary N) is 1. The van der Waals surface area contributed by atoms with Gasteiger partial charge in [0.05, 0.1) is 11.7 Å². The summed E-state index contributed by atoms with van der Waals surface area (Å²) in [6.45, 7) is 4.85. The van der Waals surface area contributed by atoms with Gasteiger partial charge in [-0.15, -0.1) is 0 Å². The number of thioether (sulfide) groups is 1. The van der Waals surface area contributed by atoms with Crippen LogP contribution in [-0.4, -0.2) is 28.5 Å². The second-order valence-electron chi connectivity index (χ2n) is 3.87. The van der Waals surface area contributed by atoms with Crippen LogP contribution in [0.15, 0.2) is 34.6 Å². The molecule has 0 fully saturated rings. The number of allylic oxidation sites excluding steroid dienone is 1. The van der Waals surface area contributed by atoms with E-state index >= 15 is 0 Å². The molecule has 1 N–H and O–H groups in total. The lowest BCUT2D eigenvalue weighted by Gasteiger charge is -2.07. The van der Waals surface area contributed by atoms with Gasteiger partial charge in [-0.05, 0) is 27.0 Å². The third-order valence-electron chi connectivity index (χ3n) is 2.56. The molecule has 94 valence electrons. The first-order chi connectivity index (χ1) is 8.74. The highest BCUT2D eigenvalue weighted by atomic mass is 32.2. The first kappa shape index (κ1) is 13.0. The van der Waals surface area contributed by atoms with Gasteiger partial charge in [0, 0.05) is 28.7 Å². The fourth-order valence-electron chi connectivity index (χ4n) is 1.65. The quantitative estimate of drug-likeness (QED) is 0.676. The van der Waals surface area contributed by atoms with Gasteiger partial charge in [-0.25, -0.2) is 9.97 Å². The Labute approximate surface area is 111 Å². The molecule has 0 aliphatic carbocycles. The number of nitrogens with zero attached hydrogens (tertiary/aromatic N) is 3. The van der Waals surface area contributed by atoms with Crippen LogP contribution < -0.4 is 5.32 Å². The lowest BCUT2D eigenvalue weighted by atomic mass is 10.2. The van der Waals surface area contributed by atoms with Gasteiger partial charge in [0.1, 0.15) is 0 Å². The minimum atomic E-state index is 0.774.